The molecule has 1 aromatic heterocycles. The molecule has 0 radical (unpaired) electrons. The molecule has 1 aliphatic rings. The maximum Gasteiger partial charge on any atom is 0.274 e. The van der Waals surface area contributed by atoms with Crippen LogP contribution in [0.2, 0.25) is 0 Å². The lowest BCUT2D eigenvalue weighted by molar-refractivity contribution is 0.0532. The zero-order chi connectivity index (χ0) is 21.1. The maximum absolute atomic E-state index is 13.1. The fourth-order valence-electron chi connectivity index (χ4n) is 3.39. The molecule has 0 atom stereocenters. The number of ether oxygens (including phenoxy) is 1. The third-order valence-corrected chi connectivity index (χ3v) is 5.07. The molecule has 8 heteroatoms. The summed E-state index contributed by atoms with van der Waals surface area (Å²) < 4.78 is 19.8. The topological polar surface area (TPSA) is 67.7 Å². The van der Waals surface area contributed by atoms with Crippen LogP contribution in [0.25, 0.3) is 5.69 Å². The number of hydrogen-bond acceptors (Lipinski definition) is 4. The number of halogens is 1. The van der Waals surface area contributed by atoms with Gasteiger partial charge in [0.05, 0.1) is 12.8 Å². The highest BCUT2D eigenvalue weighted by Gasteiger charge is 2.26. The predicted octanol–water partition coefficient (Wildman–Crippen LogP) is 2.62. The minimum atomic E-state index is -0.330. The van der Waals surface area contributed by atoms with Gasteiger partial charge in [-0.25, -0.2) is 9.07 Å². The Balaban J connectivity index is 1.38. The first-order chi connectivity index (χ1) is 14.5. The van der Waals surface area contributed by atoms with Crippen LogP contribution in [0.15, 0.2) is 60.8 Å². The van der Waals surface area contributed by atoms with Gasteiger partial charge in [0, 0.05) is 37.9 Å². The highest BCUT2D eigenvalue weighted by molar-refractivity contribution is 5.95. The fraction of sp³-hybridized carbons (Fsp3) is 0.227. The lowest BCUT2D eigenvalue weighted by Crippen LogP contribution is -2.50. The van der Waals surface area contributed by atoms with Gasteiger partial charge in [-0.15, -0.1) is 0 Å². The van der Waals surface area contributed by atoms with Crippen molar-refractivity contribution < 1.29 is 18.7 Å². The summed E-state index contributed by atoms with van der Waals surface area (Å²) in [4.78, 5) is 28.9. The Morgan fingerprint density at radius 3 is 2.27 bits per heavy atom. The molecule has 3 aromatic rings. The van der Waals surface area contributed by atoms with Crippen LogP contribution < -0.4 is 4.74 Å². The summed E-state index contributed by atoms with van der Waals surface area (Å²) in [6.45, 7) is 1.75. The summed E-state index contributed by atoms with van der Waals surface area (Å²) in [5, 5.41) is 4.31. The second kappa shape index (κ2) is 8.36. The Bertz CT molecular complexity index is 1060. The van der Waals surface area contributed by atoms with Gasteiger partial charge in [-0.3, -0.25) is 9.59 Å². The molecule has 0 bridgehead atoms. The van der Waals surface area contributed by atoms with Crippen LogP contribution in [0.4, 0.5) is 4.39 Å². The van der Waals surface area contributed by atoms with Crippen LogP contribution in [0, 0.1) is 5.82 Å². The predicted molar refractivity (Wildman–Crippen MR) is 108 cm³/mol. The number of methoxy groups -OCH3 is 1. The SMILES string of the molecule is COc1cccc(C(=O)N2CCN(C(=O)c3ccn(-c4ccc(F)cc4)n3)CC2)c1. The minimum absolute atomic E-state index is 0.0819. The second-order valence-corrected chi connectivity index (χ2v) is 6.94. The monoisotopic (exact) mass is 408 g/mol. The van der Waals surface area contributed by atoms with Crippen LogP contribution in [0.5, 0.6) is 5.75 Å². The molecule has 7 nitrogen and oxygen atoms in total. The van der Waals surface area contributed by atoms with Crippen LogP contribution in [-0.2, 0) is 0 Å². The van der Waals surface area contributed by atoms with Crippen molar-refractivity contribution in [1.29, 1.82) is 0 Å². The van der Waals surface area contributed by atoms with Crippen molar-refractivity contribution in [2.45, 2.75) is 0 Å². The van der Waals surface area contributed by atoms with Crippen molar-refractivity contribution in [3.63, 3.8) is 0 Å². The average molecular weight is 408 g/mol. The van der Waals surface area contributed by atoms with Crippen LogP contribution in [0.1, 0.15) is 20.8 Å². The third-order valence-electron chi connectivity index (χ3n) is 5.07. The number of benzene rings is 2. The molecule has 0 N–H and O–H groups in total. The first-order valence-electron chi connectivity index (χ1n) is 9.59. The number of nitrogens with zero attached hydrogens (tertiary/aromatic N) is 4. The molecule has 2 aromatic carbocycles. The zero-order valence-corrected chi connectivity index (χ0v) is 16.5. The van der Waals surface area contributed by atoms with Gasteiger partial charge in [-0.2, -0.15) is 5.10 Å². The smallest absolute Gasteiger partial charge is 0.274 e. The first-order valence-corrected chi connectivity index (χ1v) is 9.59. The van der Waals surface area contributed by atoms with E-state index in [4.69, 9.17) is 4.74 Å². The van der Waals surface area contributed by atoms with Crippen LogP contribution >= 0.6 is 0 Å². The van der Waals surface area contributed by atoms with Gasteiger partial charge in [0.2, 0.25) is 0 Å². The summed E-state index contributed by atoms with van der Waals surface area (Å²) in [6.07, 6.45) is 1.67. The maximum atomic E-state index is 13.1. The van der Waals surface area contributed by atoms with Gasteiger partial charge in [0.1, 0.15) is 11.6 Å². The molecule has 0 unspecified atom stereocenters. The molecule has 0 spiro atoms. The lowest BCUT2D eigenvalue weighted by atomic mass is 10.1. The summed E-state index contributed by atoms with van der Waals surface area (Å²) >= 11 is 0. The van der Waals surface area contributed by atoms with E-state index < -0.39 is 0 Å². The average Bonchev–Trinajstić information content (AvgIpc) is 3.29. The molecular weight excluding hydrogens is 387 g/mol. The first kappa shape index (κ1) is 19.6. The van der Waals surface area contributed by atoms with E-state index in [-0.39, 0.29) is 17.6 Å². The molecule has 1 saturated heterocycles. The Hall–Kier alpha value is -3.68. The molecule has 2 heterocycles. The van der Waals surface area contributed by atoms with Crippen molar-refractivity contribution in [3.8, 4) is 11.4 Å². The quantitative estimate of drug-likeness (QED) is 0.666. The van der Waals surface area contributed by atoms with Crippen molar-refractivity contribution >= 4 is 11.8 Å². The number of carbonyl (C=O) groups excluding carboxylic acids is 2. The molecular formula is C22H21FN4O3. The molecule has 4 rings (SSSR count). The Morgan fingerprint density at radius 2 is 1.60 bits per heavy atom. The van der Waals surface area contributed by atoms with Gasteiger partial charge in [-0.05, 0) is 48.5 Å². The highest BCUT2D eigenvalue weighted by atomic mass is 19.1. The Kier molecular flexibility index (Phi) is 5.47. The van der Waals surface area contributed by atoms with Gasteiger partial charge in [0.15, 0.2) is 5.69 Å². The van der Waals surface area contributed by atoms with E-state index in [1.165, 1.54) is 16.8 Å². The summed E-state index contributed by atoms with van der Waals surface area (Å²) in [5.74, 6) is 0.0286. The van der Waals surface area contributed by atoms with E-state index in [2.05, 4.69) is 5.10 Å². The largest absolute Gasteiger partial charge is 0.497 e. The normalized spacial score (nSPS) is 13.9. The summed E-state index contributed by atoms with van der Waals surface area (Å²) in [5.41, 5.74) is 1.54. The third kappa shape index (κ3) is 4.03. The number of amides is 2. The van der Waals surface area contributed by atoms with Crippen molar-refractivity contribution in [3.05, 3.63) is 77.9 Å². The van der Waals surface area contributed by atoms with Gasteiger partial charge in [-0.1, -0.05) is 6.07 Å². The van der Waals surface area contributed by atoms with Gasteiger partial charge >= 0.3 is 0 Å². The van der Waals surface area contributed by atoms with Crippen LogP contribution in [0.3, 0.4) is 0 Å². The lowest BCUT2D eigenvalue weighted by Gasteiger charge is -2.34. The number of piperazine rings is 1. The number of aromatic nitrogens is 2. The molecule has 154 valence electrons. The number of hydrogen-bond donors (Lipinski definition) is 0. The van der Waals surface area contributed by atoms with Crippen molar-refractivity contribution in [1.82, 2.24) is 19.6 Å². The molecule has 0 aliphatic carbocycles. The fourth-order valence-corrected chi connectivity index (χ4v) is 3.39. The highest BCUT2D eigenvalue weighted by Crippen LogP contribution is 2.16. The van der Waals surface area contributed by atoms with E-state index in [1.54, 1.807) is 65.6 Å². The zero-order valence-electron chi connectivity index (χ0n) is 16.5. The van der Waals surface area contributed by atoms with Gasteiger partial charge in [0.25, 0.3) is 11.8 Å². The van der Waals surface area contributed by atoms with Crippen molar-refractivity contribution in [2.75, 3.05) is 33.3 Å². The second-order valence-electron chi connectivity index (χ2n) is 6.94. The summed E-state index contributed by atoms with van der Waals surface area (Å²) in [6, 6.07) is 14.6. The molecule has 0 saturated carbocycles. The van der Waals surface area contributed by atoms with Gasteiger partial charge < -0.3 is 14.5 Å². The number of rotatable bonds is 4. The van der Waals surface area contributed by atoms with Crippen LogP contribution in [-0.4, -0.2) is 64.7 Å². The molecule has 1 aliphatic heterocycles. The Morgan fingerprint density at radius 1 is 0.933 bits per heavy atom. The number of carbonyl (C=O) groups is 2. The van der Waals surface area contributed by atoms with E-state index >= 15 is 0 Å². The van der Waals surface area contributed by atoms with E-state index in [1.807, 2.05) is 0 Å². The molecule has 30 heavy (non-hydrogen) atoms. The van der Waals surface area contributed by atoms with E-state index in [0.717, 1.165) is 0 Å². The molecule has 1 fully saturated rings. The summed E-state index contributed by atoms with van der Waals surface area (Å²) in [7, 11) is 1.56. The van der Waals surface area contributed by atoms with Crippen molar-refractivity contribution in [2.24, 2.45) is 0 Å². The Labute approximate surface area is 173 Å². The van der Waals surface area contributed by atoms with E-state index in [0.29, 0.717) is 48.9 Å². The van der Waals surface area contributed by atoms with E-state index in [9.17, 15) is 14.0 Å². The minimum Gasteiger partial charge on any atom is -0.497 e. The standard InChI is InChI=1S/C22H21FN4O3/c1-30-19-4-2-3-16(15-19)21(28)25-11-13-26(14-12-25)22(29)20-9-10-27(24-20)18-7-5-17(23)6-8-18/h2-10,15H,11-14H2,1H3. The molecule has 2 amide bonds.